The summed E-state index contributed by atoms with van der Waals surface area (Å²) < 4.78 is 21.8. The normalized spacial score (nSPS) is 27.2. The van der Waals surface area contributed by atoms with E-state index in [9.17, 15) is 0 Å². The molecule has 0 saturated carbocycles. The molecule has 0 spiro atoms. The Hall–Kier alpha value is -1.02. The van der Waals surface area contributed by atoms with E-state index in [0.717, 1.165) is 59.1 Å². The average Bonchev–Trinajstić information content (AvgIpc) is 3.48. The van der Waals surface area contributed by atoms with E-state index in [4.69, 9.17) is 18.9 Å². The van der Waals surface area contributed by atoms with Crippen molar-refractivity contribution in [2.45, 2.75) is 44.4 Å². The van der Waals surface area contributed by atoms with Crippen molar-refractivity contribution in [3.8, 4) is 0 Å². The van der Waals surface area contributed by atoms with Gasteiger partial charge >= 0.3 is 0 Å². The van der Waals surface area contributed by atoms with Gasteiger partial charge in [-0.2, -0.15) is 0 Å². The van der Waals surface area contributed by atoms with Gasteiger partial charge in [-0.15, -0.1) is 0 Å². The van der Waals surface area contributed by atoms with Crippen LogP contribution in [0.15, 0.2) is 24.3 Å². The number of hydrogen-bond acceptors (Lipinski definition) is 6. The van der Waals surface area contributed by atoms with E-state index in [1.54, 1.807) is 7.11 Å². The van der Waals surface area contributed by atoms with Gasteiger partial charge in [-0.05, 0) is 18.1 Å². The summed E-state index contributed by atoms with van der Waals surface area (Å²) in [6.45, 7) is 10.6. The molecular formula is C21H32N2O4. The first-order valence-corrected chi connectivity index (χ1v) is 10.1. The lowest BCUT2D eigenvalue weighted by Crippen LogP contribution is -2.34. The van der Waals surface area contributed by atoms with Gasteiger partial charge in [-0.3, -0.25) is 9.80 Å². The van der Waals surface area contributed by atoms with Crippen molar-refractivity contribution in [1.82, 2.24) is 9.80 Å². The van der Waals surface area contributed by atoms with Crippen LogP contribution in [-0.4, -0.2) is 87.3 Å². The number of methoxy groups -OCH3 is 1. The van der Waals surface area contributed by atoms with E-state index in [-0.39, 0.29) is 6.10 Å². The maximum absolute atomic E-state index is 5.47. The maximum atomic E-state index is 5.47. The molecule has 3 aliphatic heterocycles. The highest BCUT2D eigenvalue weighted by Gasteiger charge is 2.31. The Morgan fingerprint density at radius 3 is 1.89 bits per heavy atom. The van der Waals surface area contributed by atoms with Gasteiger partial charge in [0.25, 0.3) is 0 Å². The van der Waals surface area contributed by atoms with Crippen LogP contribution in [0, 0.1) is 0 Å². The largest absolute Gasteiger partial charge is 0.380 e. The van der Waals surface area contributed by atoms with Gasteiger partial charge in [0, 0.05) is 46.4 Å². The molecule has 0 bridgehead atoms. The second-order valence-electron chi connectivity index (χ2n) is 8.12. The summed E-state index contributed by atoms with van der Waals surface area (Å²) in [7, 11) is 1.78. The zero-order chi connectivity index (χ0) is 18.6. The molecule has 6 heteroatoms. The van der Waals surface area contributed by atoms with Gasteiger partial charge in [0.1, 0.15) is 0 Å². The first-order valence-electron chi connectivity index (χ1n) is 10.1. The summed E-state index contributed by atoms with van der Waals surface area (Å²) in [5.74, 6) is 0. The van der Waals surface area contributed by atoms with Gasteiger partial charge in [0.2, 0.25) is 0 Å². The van der Waals surface area contributed by atoms with Crippen molar-refractivity contribution in [2.75, 3.05) is 53.1 Å². The third kappa shape index (κ3) is 6.82. The molecule has 1 aromatic rings. The van der Waals surface area contributed by atoms with E-state index in [1.165, 1.54) is 11.1 Å². The van der Waals surface area contributed by atoms with Crippen LogP contribution in [-0.2, 0) is 32.0 Å². The van der Waals surface area contributed by atoms with Crippen LogP contribution in [0.25, 0.3) is 0 Å². The Balaban J connectivity index is 1.35. The minimum atomic E-state index is 0.222. The molecule has 3 saturated heterocycles. The maximum Gasteiger partial charge on any atom is 0.0936 e. The molecule has 150 valence electrons. The highest BCUT2D eigenvalue weighted by atomic mass is 16.6. The van der Waals surface area contributed by atoms with Crippen LogP contribution >= 0.6 is 0 Å². The molecule has 0 amide bonds. The van der Waals surface area contributed by atoms with Gasteiger partial charge in [-0.1, -0.05) is 24.3 Å². The zero-order valence-electron chi connectivity index (χ0n) is 16.5. The Bertz CT molecular complexity index is 588. The minimum Gasteiger partial charge on any atom is -0.380 e. The first-order chi connectivity index (χ1) is 13.2. The van der Waals surface area contributed by atoms with Crippen LogP contribution in [0.3, 0.4) is 0 Å². The number of ether oxygens (including phenoxy) is 4. The Kier molecular flexibility index (Phi) is 6.42. The van der Waals surface area contributed by atoms with E-state index < -0.39 is 0 Å². The van der Waals surface area contributed by atoms with Crippen LogP contribution in [0.1, 0.15) is 18.1 Å². The van der Waals surface area contributed by atoms with Crippen molar-refractivity contribution < 1.29 is 18.9 Å². The fourth-order valence-electron chi connectivity index (χ4n) is 3.57. The van der Waals surface area contributed by atoms with Gasteiger partial charge in [0.15, 0.2) is 0 Å². The SMILES string of the molecule is COC(C)CN(Cc1cccc(CN(CC2CO2)CC2CO2)c1)CC1CO1. The lowest BCUT2D eigenvalue weighted by atomic mass is 10.1. The highest BCUT2D eigenvalue weighted by molar-refractivity contribution is 5.23. The molecule has 0 aliphatic carbocycles. The lowest BCUT2D eigenvalue weighted by molar-refractivity contribution is 0.0714. The molecule has 3 aliphatic rings. The smallest absolute Gasteiger partial charge is 0.0936 e. The minimum absolute atomic E-state index is 0.222. The fourth-order valence-corrected chi connectivity index (χ4v) is 3.57. The third-order valence-corrected chi connectivity index (χ3v) is 5.31. The van der Waals surface area contributed by atoms with Crippen molar-refractivity contribution in [1.29, 1.82) is 0 Å². The highest BCUT2D eigenvalue weighted by Crippen LogP contribution is 2.19. The van der Waals surface area contributed by atoms with Crippen LogP contribution in [0.5, 0.6) is 0 Å². The van der Waals surface area contributed by atoms with Crippen LogP contribution in [0.2, 0.25) is 0 Å². The summed E-state index contributed by atoms with van der Waals surface area (Å²) in [6.07, 6.45) is 1.44. The molecule has 27 heavy (non-hydrogen) atoms. The number of benzene rings is 1. The van der Waals surface area contributed by atoms with Crippen molar-refractivity contribution in [3.63, 3.8) is 0 Å². The third-order valence-electron chi connectivity index (χ3n) is 5.31. The number of epoxide rings is 3. The lowest BCUT2D eigenvalue weighted by Gasteiger charge is -2.25. The second-order valence-corrected chi connectivity index (χ2v) is 8.12. The molecule has 4 atom stereocenters. The molecule has 1 aromatic carbocycles. The molecule has 4 unspecified atom stereocenters. The Morgan fingerprint density at radius 1 is 0.926 bits per heavy atom. The number of hydrogen-bond donors (Lipinski definition) is 0. The standard InChI is InChI=1S/C21H32N2O4/c1-16(24-2)7-22(10-19-13-25-19)8-17-4-3-5-18(6-17)9-23(11-20-14-26-20)12-21-15-27-21/h3-6,16,19-21H,7-15H2,1-2H3. The van der Waals surface area contributed by atoms with Gasteiger partial charge in [-0.25, -0.2) is 0 Å². The van der Waals surface area contributed by atoms with E-state index in [1.807, 2.05) is 0 Å². The Labute approximate surface area is 162 Å². The van der Waals surface area contributed by atoms with Gasteiger partial charge < -0.3 is 18.9 Å². The summed E-state index contributed by atoms with van der Waals surface area (Å²) in [4.78, 5) is 4.91. The van der Waals surface area contributed by atoms with Crippen molar-refractivity contribution in [3.05, 3.63) is 35.4 Å². The molecule has 3 fully saturated rings. The van der Waals surface area contributed by atoms with Crippen molar-refractivity contribution in [2.24, 2.45) is 0 Å². The Morgan fingerprint density at radius 2 is 1.41 bits per heavy atom. The molecule has 4 rings (SSSR count). The van der Waals surface area contributed by atoms with Crippen LogP contribution in [0.4, 0.5) is 0 Å². The molecule has 6 nitrogen and oxygen atoms in total. The molecular weight excluding hydrogens is 344 g/mol. The topological polar surface area (TPSA) is 53.3 Å². The molecule has 0 radical (unpaired) electrons. The van der Waals surface area contributed by atoms with E-state index in [2.05, 4.69) is 41.0 Å². The quantitative estimate of drug-likeness (QED) is 0.487. The summed E-state index contributed by atoms with van der Waals surface area (Å²) in [6, 6.07) is 8.96. The number of nitrogens with zero attached hydrogens (tertiary/aromatic N) is 2. The monoisotopic (exact) mass is 376 g/mol. The summed E-state index contributed by atoms with van der Waals surface area (Å²) in [5.41, 5.74) is 2.71. The zero-order valence-corrected chi connectivity index (χ0v) is 16.5. The summed E-state index contributed by atoms with van der Waals surface area (Å²) >= 11 is 0. The summed E-state index contributed by atoms with van der Waals surface area (Å²) in [5, 5.41) is 0. The molecule has 0 N–H and O–H groups in total. The average molecular weight is 376 g/mol. The predicted molar refractivity (Wildman–Crippen MR) is 103 cm³/mol. The van der Waals surface area contributed by atoms with Crippen LogP contribution < -0.4 is 0 Å². The van der Waals surface area contributed by atoms with E-state index in [0.29, 0.717) is 18.3 Å². The number of rotatable bonds is 13. The fraction of sp³-hybridized carbons (Fsp3) is 0.714. The molecule has 3 heterocycles. The van der Waals surface area contributed by atoms with Crippen molar-refractivity contribution >= 4 is 0 Å². The second kappa shape index (κ2) is 8.99. The van der Waals surface area contributed by atoms with Gasteiger partial charge in [0.05, 0.1) is 44.2 Å². The molecule has 0 aromatic heterocycles. The predicted octanol–water partition coefficient (Wildman–Crippen LogP) is 1.52. The first kappa shape index (κ1) is 19.3. The van der Waals surface area contributed by atoms with E-state index >= 15 is 0 Å².